The van der Waals surface area contributed by atoms with Crippen LogP contribution in [0.4, 0.5) is 15.4 Å². The van der Waals surface area contributed by atoms with Crippen molar-refractivity contribution < 1.29 is 23.9 Å². The molecular weight excluding hydrogens is 410 g/mol. The Kier molecular flexibility index (Phi) is 6.07. The smallest absolute Gasteiger partial charge is 0.425 e. The molecule has 0 unspecified atom stereocenters. The molecule has 0 saturated carbocycles. The molecule has 2 amide bonds. The van der Waals surface area contributed by atoms with Crippen molar-refractivity contribution in [3.8, 4) is 5.69 Å². The lowest BCUT2D eigenvalue weighted by atomic mass is 10.1. The summed E-state index contributed by atoms with van der Waals surface area (Å²) >= 11 is 0. The first-order chi connectivity index (χ1) is 14.9. The normalized spacial score (nSPS) is 11.8. The second-order valence-corrected chi connectivity index (χ2v) is 9.26. The van der Waals surface area contributed by atoms with Crippen LogP contribution in [0.1, 0.15) is 51.9 Å². The molecule has 0 aliphatic heterocycles. The van der Waals surface area contributed by atoms with Crippen molar-refractivity contribution in [3.63, 3.8) is 0 Å². The number of aldehydes is 1. The molecule has 3 aromatic rings. The summed E-state index contributed by atoms with van der Waals surface area (Å²) in [5.41, 5.74) is -0.234. The lowest BCUT2D eigenvalue weighted by molar-refractivity contribution is 0.0428. The van der Waals surface area contributed by atoms with Gasteiger partial charge in [-0.3, -0.25) is 4.79 Å². The minimum atomic E-state index is -0.898. The van der Waals surface area contributed by atoms with Crippen LogP contribution in [0.3, 0.4) is 0 Å². The molecule has 8 heteroatoms. The quantitative estimate of drug-likeness (QED) is 0.502. The Morgan fingerprint density at radius 3 is 1.97 bits per heavy atom. The average Bonchev–Trinajstić information content (AvgIpc) is 3.04. The summed E-state index contributed by atoms with van der Waals surface area (Å²) in [6.45, 7) is 10.3. The molecule has 0 spiro atoms. The van der Waals surface area contributed by atoms with E-state index in [4.69, 9.17) is 9.47 Å². The number of nitrogens with zero attached hydrogens (tertiary/aromatic N) is 3. The number of amides is 2. The number of carbonyl (C=O) groups excluding carboxylic acids is 3. The number of benzene rings is 2. The van der Waals surface area contributed by atoms with E-state index >= 15 is 0 Å². The maximum Gasteiger partial charge on any atom is 0.425 e. The molecule has 2 aromatic carbocycles. The zero-order valence-corrected chi connectivity index (χ0v) is 19.1. The number of para-hydroxylation sites is 1. The van der Waals surface area contributed by atoms with E-state index in [-0.39, 0.29) is 5.82 Å². The van der Waals surface area contributed by atoms with Gasteiger partial charge in [-0.1, -0.05) is 24.3 Å². The van der Waals surface area contributed by atoms with Crippen LogP contribution in [-0.2, 0) is 9.47 Å². The standard InChI is InChI=1S/C24H27N3O5/c1-23(2,3)31-21(29)26(22(30)32-24(4,5)6)20-18-13-12-16(15-28)14-19(18)25-27(20)17-10-8-7-9-11-17/h7-15H,1-6H3. The number of anilines is 1. The molecule has 0 aliphatic carbocycles. The zero-order valence-electron chi connectivity index (χ0n) is 19.1. The van der Waals surface area contributed by atoms with Gasteiger partial charge < -0.3 is 9.47 Å². The summed E-state index contributed by atoms with van der Waals surface area (Å²) < 4.78 is 12.5. The van der Waals surface area contributed by atoms with Gasteiger partial charge in [-0.25, -0.2) is 14.3 Å². The molecule has 168 valence electrons. The highest BCUT2D eigenvalue weighted by Gasteiger charge is 2.36. The lowest BCUT2D eigenvalue weighted by Gasteiger charge is -2.28. The number of carbonyl (C=O) groups is 3. The van der Waals surface area contributed by atoms with Crippen LogP contribution < -0.4 is 4.90 Å². The number of hydrogen-bond acceptors (Lipinski definition) is 6. The predicted octanol–water partition coefficient (Wildman–Crippen LogP) is 5.51. The van der Waals surface area contributed by atoms with Gasteiger partial charge in [0.05, 0.1) is 11.2 Å². The zero-order chi connectivity index (χ0) is 23.7. The second-order valence-electron chi connectivity index (χ2n) is 9.26. The van der Waals surface area contributed by atoms with Crippen LogP contribution in [0, 0.1) is 0 Å². The molecule has 8 nitrogen and oxygen atoms in total. The molecule has 0 N–H and O–H groups in total. The van der Waals surface area contributed by atoms with Gasteiger partial charge in [-0.15, -0.1) is 0 Å². The maximum absolute atomic E-state index is 13.2. The molecular formula is C24H27N3O5. The Morgan fingerprint density at radius 1 is 0.906 bits per heavy atom. The largest absolute Gasteiger partial charge is 0.443 e. The number of hydrogen-bond donors (Lipinski definition) is 0. The van der Waals surface area contributed by atoms with E-state index in [1.807, 2.05) is 18.2 Å². The molecule has 0 saturated heterocycles. The minimum Gasteiger partial charge on any atom is -0.443 e. The molecule has 0 bridgehead atoms. The Hall–Kier alpha value is -3.68. The highest BCUT2D eigenvalue weighted by molar-refractivity contribution is 6.14. The van der Waals surface area contributed by atoms with Crippen molar-refractivity contribution in [2.24, 2.45) is 0 Å². The van der Waals surface area contributed by atoms with Crippen molar-refractivity contribution in [2.75, 3.05) is 4.90 Å². The van der Waals surface area contributed by atoms with Crippen LogP contribution in [0.2, 0.25) is 0 Å². The average molecular weight is 437 g/mol. The summed E-state index contributed by atoms with van der Waals surface area (Å²) in [5, 5.41) is 5.05. The van der Waals surface area contributed by atoms with Gasteiger partial charge in [0, 0.05) is 10.9 Å². The summed E-state index contributed by atoms with van der Waals surface area (Å²) in [4.78, 5) is 38.6. The number of ether oxygens (including phenoxy) is 2. The van der Waals surface area contributed by atoms with E-state index in [1.165, 1.54) is 4.68 Å². The van der Waals surface area contributed by atoms with Crippen LogP contribution in [0.15, 0.2) is 48.5 Å². The molecule has 0 radical (unpaired) electrons. The summed E-state index contributed by atoms with van der Waals surface area (Å²) in [5.74, 6) is 0.159. The Morgan fingerprint density at radius 2 is 1.47 bits per heavy atom. The number of aromatic nitrogens is 2. The van der Waals surface area contributed by atoms with Gasteiger partial charge in [-0.2, -0.15) is 10.00 Å². The van der Waals surface area contributed by atoms with Gasteiger partial charge in [0.1, 0.15) is 17.5 Å². The fourth-order valence-electron chi connectivity index (χ4n) is 2.99. The first kappa shape index (κ1) is 23.0. The fourth-order valence-corrected chi connectivity index (χ4v) is 2.99. The fraction of sp³-hybridized carbons (Fsp3) is 0.333. The van der Waals surface area contributed by atoms with Gasteiger partial charge in [0.2, 0.25) is 0 Å². The van der Waals surface area contributed by atoms with Gasteiger partial charge >= 0.3 is 12.2 Å². The first-order valence-electron chi connectivity index (χ1n) is 10.2. The van der Waals surface area contributed by atoms with Gasteiger partial charge in [0.15, 0.2) is 5.82 Å². The molecule has 0 fully saturated rings. The second kappa shape index (κ2) is 8.45. The SMILES string of the molecule is CC(C)(C)OC(=O)N(C(=O)OC(C)(C)C)c1c2ccc(C=O)cc2nn1-c1ccccc1. The van der Waals surface area contributed by atoms with E-state index in [0.29, 0.717) is 28.4 Å². The van der Waals surface area contributed by atoms with Crippen molar-refractivity contribution in [1.82, 2.24) is 9.78 Å². The van der Waals surface area contributed by atoms with Crippen molar-refractivity contribution in [2.45, 2.75) is 52.7 Å². The Labute approximate surface area is 186 Å². The Balaban J connectivity index is 2.29. The van der Waals surface area contributed by atoms with E-state index in [1.54, 1.807) is 71.9 Å². The van der Waals surface area contributed by atoms with E-state index in [2.05, 4.69) is 5.10 Å². The molecule has 1 aromatic heterocycles. The van der Waals surface area contributed by atoms with E-state index in [0.717, 1.165) is 4.90 Å². The molecule has 1 heterocycles. The topological polar surface area (TPSA) is 90.7 Å². The highest BCUT2D eigenvalue weighted by Crippen LogP contribution is 2.32. The maximum atomic E-state index is 13.2. The van der Waals surface area contributed by atoms with Gasteiger partial charge in [-0.05, 0) is 65.8 Å². The molecule has 32 heavy (non-hydrogen) atoms. The third-order valence-corrected chi connectivity index (χ3v) is 4.17. The minimum absolute atomic E-state index is 0.159. The monoisotopic (exact) mass is 437 g/mol. The predicted molar refractivity (Wildman–Crippen MR) is 121 cm³/mol. The van der Waals surface area contributed by atoms with E-state index < -0.39 is 23.4 Å². The van der Waals surface area contributed by atoms with Crippen LogP contribution in [-0.4, -0.2) is 39.5 Å². The van der Waals surface area contributed by atoms with Gasteiger partial charge in [0.25, 0.3) is 0 Å². The molecule has 0 atom stereocenters. The van der Waals surface area contributed by atoms with Crippen molar-refractivity contribution >= 4 is 35.2 Å². The van der Waals surface area contributed by atoms with Crippen LogP contribution in [0.5, 0.6) is 0 Å². The molecule has 0 aliphatic rings. The van der Waals surface area contributed by atoms with E-state index in [9.17, 15) is 14.4 Å². The summed E-state index contributed by atoms with van der Waals surface area (Å²) in [7, 11) is 0. The van der Waals surface area contributed by atoms with Crippen molar-refractivity contribution in [3.05, 3.63) is 54.1 Å². The number of imide groups is 1. The van der Waals surface area contributed by atoms with Crippen molar-refractivity contribution in [1.29, 1.82) is 0 Å². The van der Waals surface area contributed by atoms with Crippen LogP contribution >= 0.6 is 0 Å². The highest BCUT2D eigenvalue weighted by atomic mass is 16.6. The third-order valence-electron chi connectivity index (χ3n) is 4.17. The number of fused-ring (bicyclic) bond motifs is 1. The first-order valence-corrected chi connectivity index (χ1v) is 10.2. The summed E-state index contributed by atoms with van der Waals surface area (Å²) in [6.07, 6.45) is -1.09. The number of rotatable bonds is 3. The lowest BCUT2D eigenvalue weighted by Crippen LogP contribution is -2.44. The Bertz CT molecular complexity index is 1130. The third kappa shape index (κ3) is 5.14. The summed E-state index contributed by atoms with van der Waals surface area (Å²) in [6, 6.07) is 13.9. The molecule has 3 rings (SSSR count). The van der Waals surface area contributed by atoms with Crippen LogP contribution in [0.25, 0.3) is 16.6 Å².